The third-order valence-electron chi connectivity index (χ3n) is 3.88. The molecule has 0 spiro atoms. The summed E-state index contributed by atoms with van der Waals surface area (Å²) in [5.74, 6) is 0.626. The van der Waals surface area contributed by atoms with E-state index in [-0.39, 0.29) is 20.5 Å². The predicted octanol–water partition coefficient (Wildman–Crippen LogP) is 2.76. The first-order valence-corrected chi connectivity index (χ1v) is 8.56. The van der Waals surface area contributed by atoms with Crippen molar-refractivity contribution < 1.29 is 13.5 Å². The summed E-state index contributed by atoms with van der Waals surface area (Å²) in [6, 6.07) is 2.85. The summed E-state index contributed by atoms with van der Waals surface area (Å²) in [7, 11) is -3.65. The molecule has 0 aliphatic carbocycles. The van der Waals surface area contributed by atoms with Crippen molar-refractivity contribution in [3.8, 4) is 0 Å². The van der Waals surface area contributed by atoms with Crippen molar-refractivity contribution in [1.82, 2.24) is 4.31 Å². The number of sulfonamides is 1. The minimum Gasteiger partial charge on any atom is -0.392 e. The van der Waals surface area contributed by atoms with Gasteiger partial charge in [0.1, 0.15) is 4.90 Å². The van der Waals surface area contributed by atoms with Gasteiger partial charge in [-0.15, -0.1) is 0 Å². The van der Waals surface area contributed by atoms with E-state index < -0.39 is 16.6 Å². The van der Waals surface area contributed by atoms with Gasteiger partial charge in [-0.3, -0.25) is 0 Å². The van der Waals surface area contributed by atoms with E-state index >= 15 is 0 Å². The van der Waals surface area contributed by atoms with Gasteiger partial charge in [0, 0.05) is 23.7 Å². The molecule has 2 unspecified atom stereocenters. The lowest BCUT2D eigenvalue weighted by molar-refractivity contribution is 0.281. The number of halogens is 2. The lowest BCUT2D eigenvalue weighted by atomic mass is 10.0. The number of aliphatic hydroxyl groups is 1. The van der Waals surface area contributed by atoms with Gasteiger partial charge in [0.15, 0.2) is 0 Å². The molecular weight excluding hydrogens is 321 g/mol. The van der Waals surface area contributed by atoms with E-state index in [1.165, 1.54) is 16.4 Å². The second-order valence-electron chi connectivity index (χ2n) is 5.27. The average Bonchev–Trinajstić information content (AvgIpc) is 2.70. The normalized spacial score (nSPS) is 24.2. The van der Waals surface area contributed by atoms with Crippen LogP contribution < -0.4 is 0 Å². The van der Waals surface area contributed by atoms with Crippen LogP contribution >= 0.6 is 23.2 Å². The van der Waals surface area contributed by atoms with E-state index in [2.05, 4.69) is 0 Å². The van der Waals surface area contributed by atoms with Crippen LogP contribution in [0.4, 0.5) is 0 Å². The van der Waals surface area contributed by atoms with Gasteiger partial charge in [0.05, 0.1) is 11.6 Å². The Kier molecular flexibility index (Phi) is 4.66. The molecule has 2 rings (SSSR count). The quantitative estimate of drug-likeness (QED) is 0.922. The van der Waals surface area contributed by atoms with Crippen LogP contribution in [0.25, 0.3) is 0 Å². The van der Waals surface area contributed by atoms with Crippen LogP contribution in [0.2, 0.25) is 10.0 Å². The highest BCUT2D eigenvalue weighted by Gasteiger charge is 2.36. The highest BCUT2D eigenvalue weighted by molar-refractivity contribution is 7.89. The standard InChI is InChI=1S/C13H17Cl2NO3S/c1-8-5-16(6-9(8)2)20(18,19)12-4-3-11(14)10(7-17)13(12)15/h3-4,8-9,17H,5-7H2,1-2H3. The van der Waals surface area contributed by atoms with E-state index in [0.717, 1.165) is 0 Å². The monoisotopic (exact) mass is 337 g/mol. The lowest BCUT2D eigenvalue weighted by Crippen LogP contribution is -2.29. The van der Waals surface area contributed by atoms with Gasteiger partial charge in [0.2, 0.25) is 10.0 Å². The fourth-order valence-corrected chi connectivity index (χ4v) is 4.85. The summed E-state index contributed by atoms with van der Waals surface area (Å²) in [5, 5.41) is 9.53. The first-order chi connectivity index (χ1) is 9.28. The summed E-state index contributed by atoms with van der Waals surface area (Å²) in [5.41, 5.74) is 0.245. The fourth-order valence-electron chi connectivity index (χ4n) is 2.33. The molecule has 0 aromatic heterocycles. The molecule has 4 nitrogen and oxygen atoms in total. The summed E-state index contributed by atoms with van der Waals surface area (Å²) >= 11 is 12.0. The van der Waals surface area contributed by atoms with Gasteiger partial charge in [0.25, 0.3) is 0 Å². The summed E-state index contributed by atoms with van der Waals surface area (Å²) in [6.45, 7) is 4.63. The van der Waals surface area contributed by atoms with Crippen LogP contribution in [0.5, 0.6) is 0 Å². The summed E-state index contributed by atoms with van der Waals surface area (Å²) in [6.07, 6.45) is 0. The third kappa shape index (κ3) is 2.70. The Morgan fingerprint density at radius 3 is 2.30 bits per heavy atom. The molecule has 20 heavy (non-hydrogen) atoms. The number of hydrogen-bond donors (Lipinski definition) is 1. The van der Waals surface area contributed by atoms with Crippen molar-refractivity contribution in [1.29, 1.82) is 0 Å². The Morgan fingerprint density at radius 2 is 1.80 bits per heavy atom. The maximum Gasteiger partial charge on any atom is 0.244 e. The second kappa shape index (κ2) is 5.81. The minimum atomic E-state index is -3.65. The van der Waals surface area contributed by atoms with Gasteiger partial charge < -0.3 is 5.11 Å². The molecule has 0 radical (unpaired) electrons. The zero-order valence-electron chi connectivity index (χ0n) is 11.3. The third-order valence-corrected chi connectivity index (χ3v) is 6.65. The average molecular weight is 338 g/mol. The highest BCUT2D eigenvalue weighted by atomic mass is 35.5. The van der Waals surface area contributed by atoms with E-state index in [1.54, 1.807) is 0 Å². The largest absolute Gasteiger partial charge is 0.392 e. The molecule has 0 amide bonds. The predicted molar refractivity (Wildman–Crippen MR) is 79.5 cm³/mol. The molecule has 1 saturated heterocycles. The molecule has 112 valence electrons. The minimum absolute atomic E-state index is 0.00667. The number of hydrogen-bond acceptors (Lipinski definition) is 3. The molecule has 1 aliphatic rings. The molecule has 7 heteroatoms. The fraction of sp³-hybridized carbons (Fsp3) is 0.538. The van der Waals surface area contributed by atoms with E-state index in [1.807, 2.05) is 13.8 Å². The molecule has 1 aliphatic heterocycles. The van der Waals surface area contributed by atoms with Crippen LogP contribution in [0.1, 0.15) is 19.4 Å². The van der Waals surface area contributed by atoms with Crippen molar-refractivity contribution in [2.75, 3.05) is 13.1 Å². The highest BCUT2D eigenvalue weighted by Crippen LogP contribution is 2.35. The van der Waals surface area contributed by atoms with Crippen LogP contribution in [0.15, 0.2) is 17.0 Å². The van der Waals surface area contributed by atoms with Crippen LogP contribution in [0, 0.1) is 11.8 Å². The van der Waals surface area contributed by atoms with Gasteiger partial charge in [-0.05, 0) is 24.0 Å². The van der Waals surface area contributed by atoms with E-state index in [4.69, 9.17) is 23.2 Å². The number of nitrogens with zero attached hydrogens (tertiary/aromatic N) is 1. The van der Waals surface area contributed by atoms with Crippen LogP contribution in [0.3, 0.4) is 0 Å². The Balaban J connectivity index is 2.46. The topological polar surface area (TPSA) is 57.6 Å². The van der Waals surface area contributed by atoms with Crippen molar-refractivity contribution >= 4 is 33.2 Å². The smallest absolute Gasteiger partial charge is 0.244 e. The zero-order valence-corrected chi connectivity index (χ0v) is 13.6. The van der Waals surface area contributed by atoms with Gasteiger partial charge in [-0.2, -0.15) is 4.31 Å². The molecule has 0 bridgehead atoms. The maximum atomic E-state index is 12.6. The number of rotatable bonds is 3. The second-order valence-corrected chi connectivity index (χ2v) is 7.96. The van der Waals surface area contributed by atoms with Crippen molar-refractivity contribution in [2.45, 2.75) is 25.3 Å². The molecule has 1 heterocycles. The van der Waals surface area contributed by atoms with E-state index in [0.29, 0.717) is 24.9 Å². The maximum absolute atomic E-state index is 12.6. The molecule has 1 N–H and O–H groups in total. The lowest BCUT2D eigenvalue weighted by Gasteiger charge is -2.18. The Hall–Kier alpha value is -0.330. The Bertz CT molecular complexity index is 608. The van der Waals surface area contributed by atoms with Gasteiger partial charge in [-0.1, -0.05) is 37.0 Å². The molecule has 1 aromatic carbocycles. The van der Waals surface area contributed by atoms with Crippen LogP contribution in [-0.2, 0) is 16.6 Å². The molecule has 2 atom stereocenters. The van der Waals surface area contributed by atoms with Crippen molar-refractivity contribution in [2.24, 2.45) is 11.8 Å². The number of aliphatic hydroxyl groups excluding tert-OH is 1. The van der Waals surface area contributed by atoms with Crippen LogP contribution in [-0.4, -0.2) is 30.9 Å². The Morgan fingerprint density at radius 1 is 1.25 bits per heavy atom. The van der Waals surface area contributed by atoms with Crippen molar-refractivity contribution in [3.05, 3.63) is 27.7 Å². The zero-order chi connectivity index (χ0) is 15.1. The van der Waals surface area contributed by atoms with Gasteiger partial charge in [-0.25, -0.2) is 8.42 Å². The molecular formula is C13H17Cl2NO3S. The van der Waals surface area contributed by atoms with Gasteiger partial charge >= 0.3 is 0 Å². The first-order valence-electron chi connectivity index (χ1n) is 6.37. The van der Waals surface area contributed by atoms with E-state index in [9.17, 15) is 13.5 Å². The molecule has 1 fully saturated rings. The molecule has 0 saturated carbocycles. The number of benzene rings is 1. The first kappa shape index (κ1) is 16.0. The van der Waals surface area contributed by atoms with Crippen molar-refractivity contribution in [3.63, 3.8) is 0 Å². The summed E-state index contributed by atoms with van der Waals surface area (Å²) in [4.78, 5) is 0.00826. The SMILES string of the molecule is CC1CN(S(=O)(=O)c2ccc(Cl)c(CO)c2Cl)CC1C. The summed E-state index contributed by atoms with van der Waals surface area (Å²) < 4.78 is 26.7. The molecule has 1 aromatic rings. The Labute approximate surface area is 129 Å².